The average Bonchev–Trinajstić information content (AvgIpc) is 2.49. The molecule has 0 aliphatic carbocycles. The number of nitrogens with one attached hydrogen (secondary N) is 1. The van der Waals surface area contributed by atoms with Gasteiger partial charge in [-0.1, -0.05) is 30.3 Å². The minimum Gasteiger partial charge on any atom is -0.495 e. The highest BCUT2D eigenvalue weighted by Gasteiger charge is 2.15. The predicted molar refractivity (Wildman–Crippen MR) is 82.7 cm³/mol. The lowest BCUT2D eigenvalue weighted by Gasteiger charge is -2.13. The molecular weight excluding hydrogens is 320 g/mol. The first-order valence-electron chi connectivity index (χ1n) is 6.06. The molecule has 104 valence electrons. The number of benzene rings is 2. The van der Waals surface area contributed by atoms with Crippen molar-refractivity contribution in [3.8, 4) is 5.75 Å². The maximum Gasteiger partial charge on any atom is 0.245 e. The van der Waals surface area contributed by atoms with Crippen LogP contribution < -0.4 is 15.8 Å². The van der Waals surface area contributed by atoms with E-state index in [1.807, 2.05) is 36.4 Å². The third kappa shape index (κ3) is 3.37. The van der Waals surface area contributed by atoms with Gasteiger partial charge in [-0.15, -0.1) is 0 Å². The van der Waals surface area contributed by atoms with Crippen LogP contribution in [0.3, 0.4) is 0 Å². The summed E-state index contributed by atoms with van der Waals surface area (Å²) >= 11 is 3.36. The molecule has 2 aromatic carbocycles. The first-order chi connectivity index (χ1) is 9.61. The molecule has 0 spiro atoms. The van der Waals surface area contributed by atoms with Crippen molar-refractivity contribution in [2.75, 3.05) is 12.4 Å². The van der Waals surface area contributed by atoms with Gasteiger partial charge >= 0.3 is 0 Å². The topological polar surface area (TPSA) is 64.3 Å². The van der Waals surface area contributed by atoms with Gasteiger partial charge in [0, 0.05) is 11.8 Å². The van der Waals surface area contributed by atoms with Crippen LogP contribution in [0.1, 0.15) is 11.6 Å². The zero-order valence-electron chi connectivity index (χ0n) is 11.0. The Labute approximate surface area is 126 Å². The average molecular weight is 335 g/mol. The lowest BCUT2D eigenvalue weighted by Crippen LogP contribution is -2.27. The van der Waals surface area contributed by atoms with Crippen LogP contribution in [0.2, 0.25) is 0 Å². The highest BCUT2D eigenvalue weighted by Crippen LogP contribution is 2.28. The van der Waals surface area contributed by atoms with Crippen molar-refractivity contribution in [2.24, 2.45) is 5.73 Å². The number of anilines is 1. The van der Waals surface area contributed by atoms with Crippen LogP contribution in [-0.2, 0) is 4.79 Å². The second-order valence-corrected chi connectivity index (χ2v) is 5.08. The molecule has 0 fully saturated rings. The van der Waals surface area contributed by atoms with E-state index in [4.69, 9.17) is 10.5 Å². The van der Waals surface area contributed by atoms with E-state index in [1.165, 1.54) is 0 Å². The zero-order chi connectivity index (χ0) is 14.5. The Morgan fingerprint density at radius 3 is 2.60 bits per heavy atom. The summed E-state index contributed by atoms with van der Waals surface area (Å²) < 4.78 is 6.01. The molecule has 1 atom stereocenters. The summed E-state index contributed by atoms with van der Waals surface area (Å²) in [7, 11) is 1.57. The van der Waals surface area contributed by atoms with Gasteiger partial charge in [-0.2, -0.15) is 0 Å². The Morgan fingerprint density at radius 2 is 1.95 bits per heavy atom. The largest absolute Gasteiger partial charge is 0.495 e. The van der Waals surface area contributed by atoms with Gasteiger partial charge < -0.3 is 15.8 Å². The summed E-state index contributed by atoms with van der Waals surface area (Å²) in [5, 5.41) is 2.78. The molecule has 0 aliphatic rings. The number of hydrogen-bond acceptors (Lipinski definition) is 3. The molecule has 4 nitrogen and oxygen atoms in total. The number of hydrogen-bond donors (Lipinski definition) is 2. The monoisotopic (exact) mass is 334 g/mol. The number of nitrogens with two attached hydrogens (primary N) is 1. The first-order valence-corrected chi connectivity index (χ1v) is 6.86. The van der Waals surface area contributed by atoms with Crippen LogP contribution in [0.15, 0.2) is 53.0 Å². The molecular formula is C15H15BrN2O2. The van der Waals surface area contributed by atoms with E-state index in [9.17, 15) is 4.79 Å². The molecule has 5 heteroatoms. The Balaban J connectivity index is 2.12. The van der Waals surface area contributed by atoms with Crippen LogP contribution in [0.5, 0.6) is 5.75 Å². The SMILES string of the molecule is COc1cc(NC(=O)C(N)c2ccccc2)ccc1Br. The Hall–Kier alpha value is -1.85. The maximum atomic E-state index is 12.1. The summed E-state index contributed by atoms with van der Waals surface area (Å²) in [6.45, 7) is 0. The van der Waals surface area contributed by atoms with Gasteiger partial charge in [-0.05, 0) is 33.6 Å². The van der Waals surface area contributed by atoms with E-state index in [2.05, 4.69) is 21.2 Å². The summed E-state index contributed by atoms with van der Waals surface area (Å²) in [6.07, 6.45) is 0. The molecule has 0 heterocycles. The molecule has 20 heavy (non-hydrogen) atoms. The number of carbonyl (C=O) groups is 1. The number of ether oxygens (including phenoxy) is 1. The Bertz CT molecular complexity index is 602. The molecule has 1 amide bonds. The maximum absolute atomic E-state index is 12.1. The molecule has 0 saturated heterocycles. The van der Waals surface area contributed by atoms with E-state index in [0.717, 1.165) is 10.0 Å². The quantitative estimate of drug-likeness (QED) is 0.902. The normalized spacial score (nSPS) is 11.8. The fourth-order valence-electron chi connectivity index (χ4n) is 1.77. The number of halogens is 1. The second-order valence-electron chi connectivity index (χ2n) is 4.23. The minimum atomic E-state index is -0.703. The third-order valence-corrected chi connectivity index (χ3v) is 3.51. The van der Waals surface area contributed by atoms with E-state index >= 15 is 0 Å². The van der Waals surface area contributed by atoms with Gasteiger partial charge in [-0.3, -0.25) is 4.79 Å². The van der Waals surface area contributed by atoms with Crippen molar-refractivity contribution in [3.63, 3.8) is 0 Å². The Kier molecular flexibility index (Phi) is 4.76. The molecule has 0 aromatic heterocycles. The summed E-state index contributed by atoms with van der Waals surface area (Å²) in [5.41, 5.74) is 7.35. The van der Waals surface area contributed by atoms with Crippen molar-refractivity contribution in [1.82, 2.24) is 0 Å². The summed E-state index contributed by atoms with van der Waals surface area (Å²) in [4.78, 5) is 12.1. The summed E-state index contributed by atoms with van der Waals surface area (Å²) in [5.74, 6) is 0.386. The fourth-order valence-corrected chi connectivity index (χ4v) is 2.18. The minimum absolute atomic E-state index is 0.263. The van der Waals surface area contributed by atoms with E-state index < -0.39 is 6.04 Å². The second kappa shape index (κ2) is 6.54. The van der Waals surface area contributed by atoms with Gasteiger partial charge in [0.2, 0.25) is 5.91 Å². The third-order valence-electron chi connectivity index (χ3n) is 2.86. The van der Waals surface area contributed by atoms with Gasteiger partial charge in [0.15, 0.2) is 0 Å². The number of methoxy groups -OCH3 is 1. The van der Waals surface area contributed by atoms with E-state index in [0.29, 0.717) is 11.4 Å². The molecule has 2 aromatic rings. The van der Waals surface area contributed by atoms with Crippen LogP contribution in [0, 0.1) is 0 Å². The highest BCUT2D eigenvalue weighted by molar-refractivity contribution is 9.10. The molecule has 0 aliphatic heterocycles. The molecule has 2 rings (SSSR count). The molecule has 0 bridgehead atoms. The number of rotatable bonds is 4. The van der Waals surface area contributed by atoms with Crippen LogP contribution in [0.4, 0.5) is 5.69 Å². The molecule has 0 saturated carbocycles. The van der Waals surface area contributed by atoms with Crippen molar-refractivity contribution in [1.29, 1.82) is 0 Å². The van der Waals surface area contributed by atoms with Gasteiger partial charge in [0.25, 0.3) is 0 Å². The fraction of sp³-hybridized carbons (Fsp3) is 0.133. The molecule has 3 N–H and O–H groups in total. The van der Waals surface area contributed by atoms with Gasteiger partial charge in [0.1, 0.15) is 11.8 Å². The van der Waals surface area contributed by atoms with E-state index in [-0.39, 0.29) is 5.91 Å². The smallest absolute Gasteiger partial charge is 0.245 e. The first kappa shape index (κ1) is 14.6. The van der Waals surface area contributed by atoms with Crippen LogP contribution in [0.25, 0.3) is 0 Å². The zero-order valence-corrected chi connectivity index (χ0v) is 12.6. The van der Waals surface area contributed by atoms with Crippen molar-refractivity contribution in [2.45, 2.75) is 6.04 Å². The standard InChI is InChI=1S/C15H15BrN2O2/c1-20-13-9-11(7-8-12(13)16)18-15(19)14(17)10-5-3-2-4-6-10/h2-9,14H,17H2,1H3,(H,18,19). The lowest BCUT2D eigenvalue weighted by molar-refractivity contribution is -0.117. The van der Waals surface area contributed by atoms with Crippen molar-refractivity contribution in [3.05, 3.63) is 58.6 Å². The van der Waals surface area contributed by atoms with Crippen LogP contribution >= 0.6 is 15.9 Å². The highest BCUT2D eigenvalue weighted by atomic mass is 79.9. The summed E-state index contributed by atoms with van der Waals surface area (Å²) in [6, 6.07) is 13.9. The van der Waals surface area contributed by atoms with Gasteiger partial charge in [-0.25, -0.2) is 0 Å². The Morgan fingerprint density at radius 1 is 1.25 bits per heavy atom. The molecule has 1 unspecified atom stereocenters. The van der Waals surface area contributed by atoms with Crippen molar-refractivity contribution < 1.29 is 9.53 Å². The van der Waals surface area contributed by atoms with Gasteiger partial charge in [0.05, 0.1) is 11.6 Å². The lowest BCUT2D eigenvalue weighted by atomic mass is 10.1. The molecule has 0 radical (unpaired) electrons. The van der Waals surface area contributed by atoms with Crippen molar-refractivity contribution >= 4 is 27.5 Å². The predicted octanol–water partition coefficient (Wildman–Crippen LogP) is 3.10. The van der Waals surface area contributed by atoms with E-state index in [1.54, 1.807) is 19.2 Å². The number of amides is 1. The number of carbonyl (C=O) groups excluding carboxylic acids is 1. The van der Waals surface area contributed by atoms with Crippen LogP contribution in [-0.4, -0.2) is 13.0 Å².